The fourth-order valence-corrected chi connectivity index (χ4v) is 2.14. The average molecular weight is 168 g/mol. The summed E-state index contributed by atoms with van der Waals surface area (Å²) in [4.78, 5) is 13.3. The number of carbonyl (C=O) groups excluding carboxylic acids is 1. The first-order valence-corrected chi connectivity index (χ1v) is 4.56. The molecule has 1 unspecified atom stereocenters. The van der Waals surface area contributed by atoms with Gasteiger partial charge < -0.3 is 10.1 Å². The summed E-state index contributed by atoms with van der Waals surface area (Å²) in [6.45, 7) is 1.74. The van der Waals surface area contributed by atoms with Crippen molar-refractivity contribution in [3.05, 3.63) is 0 Å². The van der Waals surface area contributed by atoms with Gasteiger partial charge >= 0.3 is 6.09 Å². The number of carbonyl (C=O) groups is 1. The molecule has 4 nitrogen and oxygen atoms in total. The van der Waals surface area contributed by atoms with Crippen molar-refractivity contribution >= 4 is 6.09 Å². The predicted molar refractivity (Wildman–Crippen MR) is 41.8 cm³/mol. The molecule has 3 fully saturated rings. The van der Waals surface area contributed by atoms with E-state index in [1.165, 1.54) is 12.8 Å². The van der Waals surface area contributed by atoms with E-state index in [2.05, 4.69) is 5.32 Å². The Balaban J connectivity index is 1.84. The molecule has 2 heterocycles. The van der Waals surface area contributed by atoms with Gasteiger partial charge in [0, 0.05) is 19.1 Å². The van der Waals surface area contributed by atoms with Gasteiger partial charge in [-0.3, -0.25) is 4.90 Å². The van der Waals surface area contributed by atoms with Gasteiger partial charge in [-0.2, -0.15) is 0 Å². The van der Waals surface area contributed by atoms with Crippen LogP contribution in [0.3, 0.4) is 0 Å². The van der Waals surface area contributed by atoms with E-state index in [1.54, 1.807) is 0 Å². The molecule has 0 spiro atoms. The highest BCUT2D eigenvalue weighted by atomic mass is 16.6. The number of hydrogen-bond acceptors (Lipinski definition) is 3. The normalized spacial score (nSPS) is 40.0. The molecule has 1 amide bonds. The van der Waals surface area contributed by atoms with Crippen molar-refractivity contribution in [1.82, 2.24) is 10.2 Å². The highest BCUT2D eigenvalue weighted by Crippen LogP contribution is 2.35. The Morgan fingerprint density at radius 2 is 2.25 bits per heavy atom. The Bertz CT molecular complexity index is 227. The lowest BCUT2D eigenvalue weighted by atomic mass is 10.2. The fourth-order valence-electron chi connectivity index (χ4n) is 2.14. The standard InChI is InChI=1S/C8H12N2O2/c11-8-10(5-1-2-5)6-3-9-4-7(6)12-8/h5-7,9H,1-4H2/t6-,7?/m0/s1. The van der Waals surface area contributed by atoms with Gasteiger partial charge in [-0.1, -0.05) is 0 Å². The molecule has 66 valence electrons. The third-order valence-corrected chi connectivity index (χ3v) is 2.89. The van der Waals surface area contributed by atoms with E-state index < -0.39 is 0 Å². The van der Waals surface area contributed by atoms with Gasteiger partial charge in [0.05, 0.1) is 6.04 Å². The van der Waals surface area contributed by atoms with Crippen molar-refractivity contribution in [2.45, 2.75) is 31.0 Å². The molecule has 1 saturated carbocycles. The zero-order valence-electron chi connectivity index (χ0n) is 6.82. The van der Waals surface area contributed by atoms with Crippen molar-refractivity contribution in [3.8, 4) is 0 Å². The summed E-state index contributed by atoms with van der Waals surface area (Å²) in [6.07, 6.45) is 2.36. The van der Waals surface area contributed by atoms with E-state index in [0.717, 1.165) is 13.1 Å². The van der Waals surface area contributed by atoms with Gasteiger partial charge in [-0.05, 0) is 12.8 Å². The smallest absolute Gasteiger partial charge is 0.410 e. The van der Waals surface area contributed by atoms with Crippen molar-refractivity contribution < 1.29 is 9.53 Å². The predicted octanol–water partition coefficient (Wildman–Crippen LogP) is -0.0586. The molecule has 3 rings (SSSR count). The highest BCUT2D eigenvalue weighted by Gasteiger charge is 2.50. The maximum Gasteiger partial charge on any atom is 0.410 e. The maximum atomic E-state index is 11.3. The lowest BCUT2D eigenvalue weighted by Crippen LogP contribution is -2.38. The molecule has 0 aromatic rings. The Labute approximate surface area is 70.9 Å². The molecule has 2 aliphatic heterocycles. The van der Waals surface area contributed by atoms with E-state index in [0.29, 0.717) is 12.1 Å². The van der Waals surface area contributed by atoms with Gasteiger partial charge in [0.25, 0.3) is 0 Å². The van der Waals surface area contributed by atoms with Crippen LogP contribution in [-0.4, -0.2) is 42.3 Å². The minimum Gasteiger partial charge on any atom is -0.442 e. The van der Waals surface area contributed by atoms with E-state index >= 15 is 0 Å². The number of nitrogens with zero attached hydrogens (tertiary/aromatic N) is 1. The monoisotopic (exact) mass is 168 g/mol. The Morgan fingerprint density at radius 3 is 3.00 bits per heavy atom. The summed E-state index contributed by atoms with van der Waals surface area (Å²) in [5.74, 6) is 0. The van der Waals surface area contributed by atoms with E-state index in [1.807, 2.05) is 4.90 Å². The Hall–Kier alpha value is -0.770. The molecule has 1 aliphatic carbocycles. The summed E-state index contributed by atoms with van der Waals surface area (Å²) < 4.78 is 5.22. The summed E-state index contributed by atoms with van der Waals surface area (Å²) in [5, 5.41) is 3.24. The molecule has 2 atom stereocenters. The minimum absolute atomic E-state index is 0.0889. The molecular formula is C8H12N2O2. The number of fused-ring (bicyclic) bond motifs is 1. The van der Waals surface area contributed by atoms with Crippen molar-refractivity contribution in [2.75, 3.05) is 13.1 Å². The molecular weight excluding hydrogens is 156 g/mol. The Kier molecular flexibility index (Phi) is 1.19. The summed E-state index contributed by atoms with van der Waals surface area (Å²) >= 11 is 0. The number of ether oxygens (including phenoxy) is 1. The van der Waals surface area contributed by atoms with Crippen LogP contribution in [0.5, 0.6) is 0 Å². The first-order valence-electron chi connectivity index (χ1n) is 4.56. The average Bonchev–Trinajstić information content (AvgIpc) is 2.66. The van der Waals surface area contributed by atoms with Crippen LogP contribution in [-0.2, 0) is 4.74 Å². The second-order valence-corrected chi connectivity index (χ2v) is 3.79. The number of nitrogens with one attached hydrogen (secondary N) is 1. The van der Waals surface area contributed by atoms with E-state index in [4.69, 9.17) is 4.74 Å². The van der Waals surface area contributed by atoms with Crippen LogP contribution in [0.4, 0.5) is 4.79 Å². The highest BCUT2D eigenvalue weighted by molar-refractivity contribution is 5.72. The summed E-state index contributed by atoms with van der Waals surface area (Å²) in [6, 6.07) is 0.817. The lowest BCUT2D eigenvalue weighted by molar-refractivity contribution is 0.133. The van der Waals surface area contributed by atoms with Crippen molar-refractivity contribution in [2.24, 2.45) is 0 Å². The topological polar surface area (TPSA) is 41.6 Å². The summed E-state index contributed by atoms with van der Waals surface area (Å²) in [5.41, 5.74) is 0. The molecule has 1 N–H and O–H groups in total. The molecule has 4 heteroatoms. The van der Waals surface area contributed by atoms with Gasteiger partial charge in [0.15, 0.2) is 0 Å². The van der Waals surface area contributed by atoms with Gasteiger partial charge in [-0.15, -0.1) is 0 Å². The second kappa shape index (κ2) is 2.13. The van der Waals surface area contributed by atoms with Crippen LogP contribution < -0.4 is 5.32 Å². The van der Waals surface area contributed by atoms with Crippen LogP contribution in [0.1, 0.15) is 12.8 Å². The molecule has 0 aromatic heterocycles. The summed E-state index contributed by atoms with van der Waals surface area (Å²) in [7, 11) is 0. The zero-order chi connectivity index (χ0) is 8.13. The molecule has 0 radical (unpaired) electrons. The largest absolute Gasteiger partial charge is 0.442 e. The van der Waals surface area contributed by atoms with Crippen LogP contribution in [0.15, 0.2) is 0 Å². The maximum absolute atomic E-state index is 11.3. The number of rotatable bonds is 1. The third kappa shape index (κ3) is 0.784. The molecule has 0 bridgehead atoms. The van der Waals surface area contributed by atoms with Crippen molar-refractivity contribution in [1.29, 1.82) is 0 Å². The SMILES string of the molecule is O=C1OC2CNC[C@@H]2N1C1CC1. The molecule has 0 aromatic carbocycles. The van der Waals surface area contributed by atoms with Crippen LogP contribution in [0.25, 0.3) is 0 Å². The van der Waals surface area contributed by atoms with Gasteiger partial charge in [0.1, 0.15) is 6.10 Å². The van der Waals surface area contributed by atoms with Gasteiger partial charge in [0.2, 0.25) is 0 Å². The van der Waals surface area contributed by atoms with Crippen molar-refractivity contribution in [3.63, 3.8) is 0 Å². The van der Waals surface area contributed by atoms with Crippen LogP contribution in [0.2, 0.25) is 0 Å². The first-order chi connectivity index (χ1) is 5.86. The third-order valence-electron chi connectivity index (χ3n) is 2.89. The molecule has 3 aliphatic rings. The van der Waals surface area contributed by atoms with Crippen LogP contribution >= 0.6 is 0 Å². The minimum atomic E-state index is -0.0889. The van der Waals surface area contributed by atoms with Crippen LogP contribution in [0, 0.1) is 0 Å². The molecule has 2 saturated heterocycles. The number of hydrogen-bond donors (Lipinski definition) is 1. The quantitative estimate of drug-likeness (QED) is 0.596. The fraction of sp³-hybridized carbons (Fsp3) is 0.875. The Morgan fingerprint density at radius 1 is 1.42 bits per heavy atom. The number of amides is 1. The van der Waals surface area contributed by atoms with Gasteiger partial charge in [-0.25, -0.2) is 4.79 Å². The second-order valence-electron chi connectivity index (χ2n) is 3.79. The van der Waals surface area contributed by atoms with E-state index in [-0.39, 0.29) is 12.2 Å². The zero-order valence-corrected chi connectivity index (χ0v) is 6.82. The molecule has 12 heavy (non-hydrogen) atoms. The lowest BCUT2D eigenvalue weighted by Gasteiger charge is -2.18. The first kappa shape index (κ1) is 6.71. The van der Waals surface area contributed by atoms with E-state index in [9.17, 15) is 4.79 Å².